The van der Waals surface area contributed by atoms with Crippen LogP contribution in [0.25, 0.3) is 0 Å². The molecule has 2 heterocycles. The first-order chi connectivity index (χ1) is 14.0. The van der Waals surface area contributed by atoms with Crippen LogP contribution in [0.4, 0.5) is 9.18 Å². The molecule has 2 aliphatic rings. The van der Waals surface area contributed by atoms with Crippen LogP contribution in [-0.4, -0.2) is 40.0 Å². The molecule has 0 spiro atoms. The largest absolute Gasteiger partial charge is 0.445 e. The summed E-state index contributed by atoms with van der Waals surface area (Å²) in [5.74, 6) is -0.396. The Bertz CT molecular complexity index is 915. The number of hydrogen-bond donors (Lipinski definition) is 0. The number of fused-ring (bicyclic) bond motifs is 1. The van der Waals surface area contributed by atoms with Crippen molar-refractivity contribution in [2.24, 2.45) is 0 Å². The summed E-state index contributed by atoms with van der Waals surface area (Å²) in [5, 5.41) is 0. The van der Waals surface area contributed by atoms with Gasteiger partial charge in [-0.05, 0) is 46.0 Å². The van der Waals surface area contributed by atoms with Gasteiger partial charge in [-0.1, -0.05) is 42.5 Å². The minimum Gasteiger partial charge on any atom is -0.445 e. The number of likely N-dealkylation sites (tertiary alicyclic amines) is 1. The zero-order valence-electron chi connectivity index (χ0n) is 15.3. The number of carbonyl (C=O) groups excluding carboxylic acids is 1. The molecule has 0 saturated carbocycles. The molecule has 2 fully saturated rings. The van der Waals surface area contributed by atoms with E-state index in [2.05, 4.69) is 15.9 Å². The van der Waals surface area contributed by atoms with Crippen LogP contribution in [0.2, 0.25) is 0 Å². The van der Waals surface area contributed by atoms with E-state index in [-0.39, 0.29) is 13.0 Å². The highest BCUT2D eigenvalue weighted by atomic mass is 79.9. The fourth-order valence-corrected chi connectivity index (χ4v) is 4.95. The topological polar surface area (TPSA) is 65.1 Å². The molecule has 4 rings (SSSR count). The third-order valence-electron chi connectivity index (χ3n) is 5.09. The molecule has 9 heteroatoms. The maximum absolute atomic E-state index is 14.6. The van der Waals surface area contributed by atoms with Crippen LogP contribution in [0.3, 0.4) is 0 Å². The van der Waals surface area contributed by atoms with E-state index < -0.39 is 41.5 Å². The van der Waals surface area contributed by atoms with Crippen LogP contribution in [0.5, 0.6) is 0 Å². The second-order valence-electron chi connectivity index (χ2n) is 6.91. The third kappa shape index (κ3) is 4.53. The first-order valence-electron chi connectivity index (χ1n) is 9.19. The van der Waals surface area contributed by atoms with E-state index in [9.17, 15) is 13.4 Å². The predicted octanol–water partition coefficient (Wildman–Crippen LogP) is 3.90. The van der Waals surface area contributed by atoms with Crippen LogP contribution in [0, 0.1) is 5.82 Å². The predicted molar refractivity (Wildman–Crippen MR) is 107 cm³/mol. The van der Waals surface area contributed by atoms with Crippen LogP contribution < -0.4 is 0 Å². The molecular formula is C20H19BrFNO5S. The summed E-state index contributed by atoms with van der Waals surface area (Å²) in [5.41, 5.74) is 1.29. The summed E-state index contributed by atoms with van der Waals surface area (Å²) in [6.07, 6.45) is -0.891. The van der Waals surface area contributed by atoms with Gasteiger partial charge in [0.15, 0.2) is 0 Å². The van der Waals surface area contributed by atoms with Crippen molar-refractivity contribution in [1.82, 2.24) is 4.90 Å². The van der Waals surface area contributed by atoms with E-state index >= 15 is 0 Å². The van der Waals surface area contributed by atoms with Crippen molar-refractivity contribution in [3.63, 3.8) is 0 Å². The molecule has 0 unspecified atom stereocenters. The van der Waals surface area contributed by atoms with Gasteiger partial charge in [0.25, 0.3) is 0 Å². The fourth-order valence-electron chi connectivity index (χ4n) is 3.65. The number of nitrogens with zero attached hydrogens (tertiary/aromatic N) is 1. The number of rotatable bonds is 4. The molecule has 0 aromatic heterocycles. The summed E-state index contributed by atoms with van der Waals surface area (Å²) in [4.78, 5) is 14.3. The van der Waals surface area contributed by atoms with E-state index in [1.54, 1.807) is 18.2 Å². The van der Waals surface area contributed by atoms with Gasteiger partial charge in [-0.2, -0.15) is 4.21 Å². The van der Waals surface area contributed by atoms with Gasteiger partial charge in [0.1, 0.15) is 24.6 Å². The number of amides is 1. The maximum Gasteiger partial charge on any atom is 0.410 e. The second kappa shape index (κ2) is 8.91. The van der Waals surface area contributed by atoms with Gasteiger partial charge in [-0.3, -0.25) is 8.37 Å². The minimum absolute atomic E-state index is 0.130. The number of benzene rings is 2. The van der Waals surface area contributed by atoms with Crippen molar-refractivity contribution in [1.29, 1.82) is 0 Å². The Morgan fingerprint density at radius 2 is 2.00 bits per heavy atom. The molecule has 2 saturated heterocycles. The number of hydrogen-bond acceptors (Lipinski definition) is 5. The van der Waals surface area contributed by atoms with Crippen molar-refractivity contribution in [3.8, 4) is 0 Å². The highest BCUT2D eigenvalue weighted by molar-refractivity contribution is 9.10. The molecule has 0 bridgehead atoms. The van der Waals surface area contributed by atoms with Crippen LogP contribution in [0.15, 0.2) is 53.0 Å². The lowest BCUT2D eigenvalue weighted by Crippen LogP contribution is -2.56. The summed E-state index contributed by atoms with van der Waals surface area (Å²) < 4.78 is 42.9. The van der Waals surface area contributed by atoms with Crippen molar-refractivity contribution in [2.75, 3.05) is 6.54 Å². The van der Waals surface area contributed by atoms with Crippen LogP contribution >= 0.6 is 15.9 Å². The van der Waals surface area contributed by atoms with Gasteiger partial charge in [0, 0.05) is 6.54 Å². The Balaban J connectivity index is 1.54. The first-order valence-corrected chi connectivity index (χ1v) is 11.0. The molecule has 6 nitrogen and oxygen atoms in total. The zero-order chi connectivity index (χ0) is 20.4. The van der Waals surface area contributed by atoms with E-state index in [4.69, 9.17) is 13.1 Å². The molecule has 0 aliphatic carbocycles. The zero-order valence-corrected chi connectivity index (χ0v) is 17.7. The Kier molecular flexibility index (Phi) is 6.29. The number of carbonyl (C=O) groups is 1. The van der Waals surface area contributed by atoms with E-state index in [1.165, 1.54) is 4.90 Å². The lowest BCUT2D eigenvalue weighted by atomic mass is 9.91. The molecule has 0 radical (unpaired) electrons. The van der Waals surface area contributed by atoms with E-state index in [0.29, 0.717) is 23.0 Å². The summed E-state index contributed by atoms with van der Waals surface area (Å²) in [6, 6.07) is 13.8. The third-order valence-corrected chi connectivity index (χ3v) is 6.49. The quantitative estimate of drug-likeness (QED) is 0.659. The fraction of sp³-hybridized carbons (Fsp3) is 0.350. The Hall–Kier alpha value is -1.81. The smallest absolute Gasteiger partial charge is 0.410 e. The molecular weight excluding hydrogens is 465 g/mol. The average Bonchev–Trinajstić information content (AvgIpc) is 3.11. The van der Waals surface area contributed by atoms with Crippen molar-refractivity contribution in [2.45, 2.75) is 37.7 Å². The number of piperidine rings is 1. The Morgan fingerprint density at radius 3 is 2.79 bits per heavy atom. The average molecular weight is 484 g/mol. The van der Waals surface area contributed by atoms with E-state index in [1.807, 2.05) is 30.3 Å². The lowest BCUT2D eigenvalue weighted by molar-refractivity contribution is -0.00483. The Labute approximate surface area is 178 Å². The van der Waals surface area contributed by atoms with Crippen molar-refractivity contribution >= 4 is 33.4 Å². The lowest BCUT2D eigenvalue weighted by Gasteiger charge is -2.39. The molecule has 2 aromatic rings. The SMILES string of the molecule is O=C(OCc1ccccc1)N1CC[C@@H]2O[S@@](=O)O[C@@H]2[C@H]1Cc1cccc(Br)c1F. The van der Waals surface area contributed by atoms with Gasteiger partial charge in [0.2, 0.25) is 0 Å². The molecule has 29 heavy (non-hydrogen) atoms. The highest BCUT2D eigenvalue weighted by Crippen LogP contribution is 2.33. The van der Waals surface area contributed by atoms with Crippen molar-refractivity contribution in [3.05, 3.63) is 69.9 Å². The van der Waals surface area contributed by atoms with Crippen LogP contribution in [0.1, 0.15) is 17.5 Å². The van der Waals surface area contributed by atoms with Gasteiger partial charge in [0.05, 0.1) is 10.5 Å². The van der Waals surface area contributed by atoms with Crippen LogP contribution in [-0.2, 0) is 37.5 Å². The highest BCUT2D eigenvalue weighted by Gasteiger charge is 2.48. The summed E-state index contributed by atoms with van der Waals surface area (Å²) >= 11 is 1.31. The van der Waals surface area contributed by atoms with Gasteiger partial charge in [-0.15, -0.1) is 0 Å². The van der Waals surface area contributed by atoms with Gasteiger partial charge in [-0.25, -0.2) is 9.18 Å². The number of halogens is 2. The first kappa shape index (κ1) is 20.5. The standard InChI is InChI=1S/C20H19BrFNO5S/c21-15-8-4-7-14(18(15)22)11-16-19-17(27-29(25)28-19)9-10-23(16)20(24)26-12-13-5-2-1-3-6-13/h1-8,16-17,19H,9-12H2/t16-,17+,19-,29-/m1/s1. The number of ether oxygens (including phenoxy) is 1. The van der Waals surface area contributed by atoms with Gasteiger partial charge >= 0.3 is 17.5 Å². The molecule has 4 atom stereocenters. The second-order valence-corrected chi connectivity index (χ2v) is 8.55. The minimum atomic E-state index is -1.87. The molecule has 2 aliphatic heterocycles. The molecule has 2 aromatic carbocycles. The normalized spacial score (nSPS) is 26.2. The van der Waals surface area contributed by atoms with Gasteiger partial charge < -0.3 is 9.64 Å². The maximum atomic E-state index is 14.6. The monoisotopic (exact) mass is 483 g/mol. The molecule has 154 valence electrons. The molecule has 1 amide bonds. The Morgan fingerprint density at radius 1 is 1.21 bits per heavy atom. The summed E-state index contributed by atoms with van der Waals surface area (Å²) in [6.45, 7) is 0.473. The van der Waals surface area contributed by atoms with E-state index in [0.717, 1.165) is 5.56 Å². The van der Waals surface area contributed by atoms with Crippen molar-refractivity contribution < 1.29 is 26.5 Å². The molecule has 0 N–H and O–H groups in total. The summed E-state index contributed by atoms with van der Waals surface area (Å²) in [7, 11) is 0.